The quantitative estimate of drug-likeness (QED) is 0.361. The third-order valence-electron chi connectivity index (χ3n) is 4.39. The van der Waals surface area contributed by atoms with E-state index in [9.17, 15) is 13.6 Å². The van der Waals surface area contributed by atoms with Crippen molar-refractivity contribution in [2.45, 2.75) is 12.7 Å². The van der Waals surface area contributed by atoms with Crippen molar-refractivity contribution >= 4 is 40.5 Å². The van der Waals surface area contributed by atoms with E-state index in [-0.39, 0.29) is 5.56 Å². The van der Waals surface area contributed by atoms with Gasteiger partial charge < -0.3 is 20.2 Å². The molecule has 4 aromatic rings. The van der Waals surface area contributed by atoms with Crippen LogP contribution in [0.4, 0.5) is 25.2 Å². The van der Waals surface area contributed by atoms with Crippen molar-refractivity contribution in [3.63, 3.8) is 0 Å². The third-order valence-corrected chi connectivity index (χ3v) is 5.01. The Bertz CT molecular complexity index is 1250. The predicted octanol–water partition coefficient (Wildman–Crippen LogP) is 5.88. The number of primary amides is 1. The van der Waals surface area contributed by atoms with Crippen LogP contribution < -0.4 is 11.1 Å². The van der Waals surface area contributed by atoms with Gasteiger partial charge in [-0.2, -0.15) is 11.8 Å². The van der Waals surface area contributed by atoms with Gasteiger partial charge in [0.25, 0.3) is 0 Å². The number of nitrogens with two attached hydrogens (primary N) is 1. The summed E-state index contributed by atoms with van der Waals surface area (Å²) in [7, 11) is 0. The molecule has 0 aliphatic carbocycles. The molecule has 0 spiro atoms. The Labute approximate surface area is 193 Å². The van der Waals surface area contributed by atoms with Crippen molar-refractivity contribution < 1.29 is 22.7 Å². The van der Waals surface area contributed by atoms with Crippen LogP contribution >= 0.6 is 11.8 Å². The van der Waals surface area contributed by atoms with Crippen LogP contribution in [0.15, 0.2) is 59.5 Å². The number of hydrogen-bond donors (Lipinski definition) is 2. The number of pyridine rings is 2. The SMILES string of the molecule is CCOC(N)=O.CSCc1ccnc(Nc2cc(-c3ccc(F)c4ccoc34)c(F)cn2)c1. The number of benzene rings is 1. The fraction of sp³-hybridized carbons (Fsp3) is 0.174. The summed E-state index contributed by atoms with van der Waals surface area (Å²) in [6.07, 6.45) is 5.54. The van der Waals surface area contributed by atoms with E-state index < -0.39 is 17.7 Å². The summed E-state index contributed by atoms with van der Waals surface area (Å²) in [5, 5.41) is 3.40. The number of nitrogens with one attached hydrogen (secondary N) is 1. The molecule has 0 saturated carbocycles. The van der Waals surface area contributed by atoms with E-state index in [0.717, 1.165) is 17.5 Å². The highest BCUT2D eigenvalue weighted by Gasteiger charge is 2.15. The standard InChI is InChI=1S/C20H15F2N3OS.C3H7NO2/c1-27-11-12-4-6-23-18(8-12)25-19-9-15(17(22)10-24-19)13-2-3-16(21)14-5-7-26-20(13)14;1-2-6-3(4)5/h2-10H,11H2,1H3,(H,23,24,25);2H2,1H3,(H2,4,5). The number of furan rings is 1. The van der Waals surface area contributed by atoms with E-state index in [4.69, 9.17) is 4.42 Å². The molecule has 33 heavy (non-hydrogen) atoms. The van der Waals surface area contributed by atoms with E-state index in [1.54, 1.807) is 30.9 Å². The molecule has 1 amide bonds. The molecule has 0 bridgehead atoms. The van der Waals surface area contributed by atoms with Crippen molar-refractivity contribution in [1.82, 2.24) is 9.97 Å². The highest BCUT2D eigenvalue weighted by Crippen LogP contribution is 2.33. The Morgan fingerprint density at radius 1 is 1.12 bits per heavy atom. The molecule has 0 radical (unpaired) electrons. The second kappa shape index (κ2) is 11.3. The Morgan fingerprint density at radius 2 is 1.91 bits per heavy atom. The summed E-state index contributed by atoms with van der Waals surface area (Å²) in [4.78, 5) is 18.0. The molecule has 3 N–H and O–H groups in total. The molecule has 172 valence electrons. The van der Waals surface area contributed by atoms with E-state index in [1.807, 2.05) is 18.4 Å². The van der Waals surface area contributed by atoms with Crippen LogP contribution in [0.25, 0.3) is 22.1 Å². The van der Waals surface area contributed by atoms with E-state index >= 15 is 0 Å². The van der Waals surface area contributed by atoms with Gasteiger partial charge in [0.15, 0.2) is 0 Å². The predicted molar refractivity (Wildman–Crippen MR) is 125 cm³/mol. The first kappa shape index (κ1) is 24.0. The van der Waals surface area contributed by atoms with Crippen LogP contribution in [0, 0.1) is 11.6 Å². The number of thioether (sulfide) groups is 1. The van der Waals surface area contributed by atoms with Crippen molar-refractivity contribution in [2.24, 2.45) is 5.73 Å². The van der Waals surface area contributed by atoms with E-state index in [1.165, 1.54) is 24.5 Å². The molecule has 0 aliphatic heterocycles. The summed E-state index contributed by atoms with van der Waals surface area (Å²) in [6, 6.07) is 9.75. The summed E-state index contributed by atoms with van der Waals surface area (Å²) < 4.78 is 37.9. The first-order valence-corrected chi connectivity index (χ1v) is 11.3. The molecule has 3 aromatic heterocycles. The molecular weight excluding hydrogens is 450 g/mol. The largest absolute Gasteiger partial charge is 0.464 e. The number of nitrogens with zero attached hydrogens (tertiary/aromatic N) is 2. The normalized spacial score (nSPS) is 10.4. The molecule has 0 aliphatic rings. The van der Waals surface area contributed by atoms with Crippen molar-refractivity contribution in [3.8, 4) is 11.1 Å². The number of amides is 1. The molecule has 1 aromatic carbocycles. The molecule has 0 atom stereocenters. The average Bonchev–Trinajstić information content (AvgIpc) is 3.28. The maximum absolute atomic E-state index is 14.4. The minimum absolute atomic E-state index is 0.271. The van der Waals surface area contributed by atoms with Gasteiger partial charge in [0.05, 0.1) is 24.5 Å². The number of carbonyl (C=O) groups excluding carboxylic acids is 1. The monoisotopic (exact) mass is 472 g/mol. The van der Waals surface area contributed by atoms with Crippen LogP contribution in [0.5, 0.6) is 0 Å². The van der Waals surface area contributed by atoms with Crippen molar-refractivity contribution in [3.05, 3.63) is 72.3 Å². The summed E-state index contributed by atoms with van der Waals surface area (Å²) >= 11 is 1.71. The fourth-order valence-electron chi connectivity index (χ4n) is 3.03. The lowest BCUT2D eigenvalue weighted by atomic mass is 10.0. The van der Waals surface area contributed by atoms with Crippen LogP contribution in [-0.4, -0.2) is 28.9 Å². The Balaban J connectivity index is 0.000000454. The van der Waals surface area contributed by atoms with Crippen LogP contribution in [-0.2, 0) is 10.5 Å². The summed E-state index contributed by atoms with van der Waals surface area (Å²) in [5.74, 6) is 0.989. The number of carbonyl (C=O) groups is 1. The Hall–Kier alpha value is -3.66. The molecular formula is C23H22F2N4O3S. The zero-order valence-corrected chi connectivity index (χ0v) is 18.8. The number of aromatic nitrogens is 2. The molecule has 7 nitrogen and oxygen atoms in total. The molecule has 10 heteroatoms. The van der Waals surface area contributed by atoms with Gasteiger partial charge in [0.1, 0.15) is 28.9 Å². The molecule has 0 unspecified atom stereocenters. The maximum atomic E-state index is 14.4. The lowest BCUT2D eigenvalue weighted by Crippen LogP contribution is -2.11. The minimum Gasteiger partial charge on any atom is -0.464 e. The number of fused-ring (bicyclic) bond motifs is 1. The lowest BCUT2D eigenvalue weighted by molar-refractivity contribution is 0.163. The molecule has 0 saturated heterocycles. The van der Waals surface area contributed by atoms with E-state index in [0.29, 0.717) is 34.8 Å². The summed E-state index contributed by atoms with van der Waals surface area (Å²) in [6.45, 7) is 2.06. The number of ether oxygens (including phenoxy) is 1. The number of rotatable bonds is 6. The fourth-order valence-corrected chi connectivity index (χ4v) is 3.54. The Kier molecular flexibility index (Phi) is 8.20. The van der Waals surface area contributed by atoms with Crippen LogP contribution in [0.1, 0.15) is 12.5 Å². The highest BCUT2D eigenvalue weighted by atomic mass is 32.2. The van der Waals surface area contributed by atoms with Gasteiger partial charge in [-0.3, -0.25) is 0 Å². The zero-order valence-electron chi connectivity index (χ0n) is 18.0. The molecule has 3 heterocycles. The molecule has 0 fully saturated rings. The second-order valence-corrected chi connectivity index (χ2v) is 7.53. The van der Waals surface area contributed by atoms with Gasteiger partial charge in [0, 0.05) is 23.1 Å². The number of hydrogen-bond acceptors (Lipinski definition) is 7. The summed E-state index contributed by atoms with van der Waals surface area (Å²) in [5.41, 5.74) is 6.70. The lowest BCUT2D eigenvalue weighted by Gasteiger charge is -2.10. The molecule has 4 rings (SSSR count). The maximum Gasteiger partial charge on any atom is 0.404 e. The van der Waals surface area contributed by atoms with Gasteiger partial charge in [-0.15, -0.1) is 0 Å². The van der Waals surface area contributed by atoms with Crippen LogP contribution in [0.2, 0.25) is 0 Å². The number of anilines is 2. The number of halogens is 2. The third kappa shape index (κ3) is 6.19. The first-order valence-electron chi connectivity index (χ1n) is 9.87. The first-order chi connectivity index (χ1) is 15.9. The second-order valence-electron chi connectivity index (χ2n) is 6.67. The average molecular weight is 473 g/mol. The van der Waals surface area contributed by atoms with Crippen LogP contribution in [0.3, 0.4) is 0 Å². The van der Waals surface area contributed by atoms with E-state index in [2.05, 4.69) is 25.8 Å². The van der Waals surface area contributed by atoms with Crippen molar-refractivity contribution in [1.29, 1.82) is 0 Å². The van der Waals surface area contributed by atoms with Gasteiger partial charge in [-0.05, 0) is 55.1 Å². The highest BCUT2D eigenvalue weighted by molar-refractivity contribution is 7.97. The topological polar surface area (TPSA) is 103 Å². The van der Waals surface area contributed by atoms with Crippen molar-refractivity contribution in [2.75, 3.05) is 18.2 Å². The van der Waals surface area contributed by atoms with Gasteiger partial charge in [0.2, 0.25) is 0 Å². The van der Waals surface area contributed by atoms with Gasteiger partial charge >= 0.3 is 6.09 Å². The Morgan fingerprint density at radius 3 is 2.61 bits per heavy atom. The van der Waals surface area contributed by atoms with Gasteiger partial charge in [-0.1, -0.05) is 0 Å². The van der Waals surface area contributed by atoms with Gasteiger partial charge in [-0.25, -0.2) is 23.5 Å². The zero-order chi connectivity index (χ0) is 23.8. The smallest absolute Gasteiger partial charge is 0.404 e. The minimum atomic E-state index is -0.711.